The summed E-state index contributed by atoms with van der Waals surface area (Å²) in [5.41, 5.74) is 0. The number of aromatic nitrogens is 2. The van der Waals surface area contributed by atoms with Crippen molar-refractivity contribution < 1.29 is 4.52 Å². The molecule has 2 aromatic heterocycles. The molecule has 2 aromatic rings. The van der Waals surface area contributed by atoms with Crippen molar-refractivity contribution in [2.45, 2.75) is 31.2 Å². The summed E-state index contributed by atoms with van der Waals surface area (Å²) in [6.45, 7) is 0. The highest BCUT2D eigenvalue weighted by Crippen LogP contribution is 2.34. The predicted molar refractivity (Wildman–Crippen MR) is 67.1 cm³/mol. The maximum absolute atomic E-state index is 5.41. The lowest BCUT2D eigenvalue weighted by Gasteiger charge is -2.14. The van der Waals surface area contributed by atoms with Crippen LogP contribution in [-0.2, 0) is 0 Å². The molecule has 0 radical (unpaired) electrons. The quantitative estimate of drug-likeness (QED) is 0.908. The fourth-order valence-corrected chi connectivity index (χ4v) is 3.14. The van der Waals surface area contributed by atoms with Crippen LogP contribution in [0.3, 0.4) is 0 Å². The summed E-state index contributed by atoms with van der Waals surface area (Å²) in [7, 11) is 2.00. The minimum Gasteiger partial charge on any atom is -0.339 e. The van der Waals surface area contributed by atoms with Gasteiger partial charge in [0.2, 0.25) is 11.7 Å². The molecule has 17 heavy (non-hydrogen) atoms. The van der Waals surface area contributed by atoms with Crippen LogP contribution in [0.2, 0.25) is 0 Å². The van der Waals surface area contributed by atoms with E-state index in [2.05, 4.69) is 15.5 Å². The number of thiophene rings is 1. The van der Waals surface area contributed by atoms with Gasteiger partial charge in [0.25, 0.3) is 0 Å². The predicted octanol–water partition coefficient (Wildman–Crippen LogP) is 2.65. The SMILES string of the molecule is CN[C@@H]1CCC[C@H]1c1nc(-c2cccs2)no1. The molecule has 1 N–H and O–H groups in total. The lowest BCUT2D eigenvalue weighted by atomic mass is 10.0. The van der Waals surface area contributed by atoms with Crippen molar-refractivity contribution in [3.05, 3.63) is 23.4 Å². The van der Waals surface area contributed by atoms with Crippen LogP contribution in [-0.4, -0.2) is 23.2 Å². The summed E-state index contributed by atoms with van der Waals surface area (Å²) < 4.78 is 5.41. The zero-order valence-electron chi connectivity index (χ0n) is 9.72. The summed E-state index contributed by atoms with van der Waals surface area (Å²) in [5, 5.41) is 9.42. The third kappa shape index (κ3) is 2.00. The Bertz CT molecular complexity index is 480. The van der Waals surface area contributed by atoms with Crippen molar-refractivity contribution in [2.75, 3.05) is 7.05 Å². The fourth-order valence-electron chi connectivity index (χ4n) is 2.49. The summed E-state index contributed by atoms with van der Waals surface area (Å²) in [4.78, 5) is 5.59. The van der Waals surface area contributed by atoms with Crippen molar-refractivity contribution in [3.63, 3.8) is 0 Å². The summed E-state index contributed by atoms with van der Waals surface area (Å²) in [6.07, 6.45) is 3.56. The monoisotopic (exact) mass is 249 g/mol. The topological polar surface area (TPSA) is 51.0 Å². The van der Waals surface area contributed by atoms with Crippen molar-refractivity contribution >= 4 is 11.3 Å². The molecule has 4 nitrogen and oxygen atoms in total. The number of nitrogens with one attached hydrogen (secondary N) is 1. The van der Waals surface area contributed by atoms with Crippen LogP contribution in [0.25, 0.3) is 10.7 Å². The Kier molecular flexibility index (Phi) is 2.94. The van der Waals surface area contributed by atoms with Crippen LogP contribution in [0.5, 0.6) is 0 Å². The molecule has 2 atom stereocenters. The summed E-state index contributed by atoms with van der Waals surface area (Å²) in [6, 6.07) is 4.50. The smallest absolute Gasteiger partial charge is 0.231 e. The highest BCUT2D eigenvalue weighted by Gasteiger charge is 2.31. The van der Waals surface area contributed by atoms with Gasteiger partial charge in [-0.15, -0.1) is 11.3 Å². The van der Waals surface area contributed by atoms with Crippen LogP contribution in [0.15, 0.2) is 22.0 Å². The highest BCUT2D eigenvalue weighted by molar-refractivity contribution is 7.13. The molecule has 0 aliphatic heterocycles. The molecule has 0 spiro atoms. The van der Waals surface area contributed by atoms with E-state index in [-0.39, 0.29) is 0 Å². The van der Waals surface area contributed by atoms with E-state index in [4.69, 9.17) is 4.52 Å². The van der Waals surface area contributed by atoms with E-state index in [0.717, 1.165) is 23.0 Å². The van der Waals surface area contributed by atoms with Crippen LogP contribution in [0, 0.1) is 0 Å². The zero-order chi connectivity index (χ0) is 11.7. The largest absolute Gasteiger partial charge is 0.339 e. The van der Waals surface area contributed by atoms with E-state index in [1.807, 2.05) is 24.6 Å². The minimum atomic E-state index is 0.376. The Labute approximate surface area is 104 Å². The van der Waals surface area contributed by atoms with Crippen LogP contribution < -0.4 is 5.32 Å². The Morgan fingerprint density at radius 3 is 3.18 bits per heavy atom. The second-order valence-electron chi connectivity index (χ2n) is 4.37. The fraction of sp³-hybridized carbons (Fsp3) is 0.500. The molecule has 1 aliphatic rings. The second-order valence-corrected chi connectivity index (χ2v) is 5.31. The lowest BCUT2D eigenvalue weighted by Crippen LogP contribution is -2.27. The van der Waals surface area contributed by atoms with Gasteiger partial charge in [-0.05, 0) is 31.3 Å². The Morgan fingerprint density at radius 1 is 1.47 bits per heavy atom. The van der Waals surface area contributed by atoms with Crippen molar-refractivity contribution in [1.29, 1.82) is 0 Å². The first-order chi connectivity index (χ1) is 8.38. The van der Waals surface area contributed by atoms with Gasteiger partial charge in [-0.2, -0.15) is 4.98 Å². The van der Waals surface area contributed by atoms with Gasteiger partial charge in [-0.1, -0.05) is 17.6 Å². The highest BCUT2D eigenvalue weighted by atomic mass is 32.1. The first-order valence-electron chi connectivity index (χ1n) is 5.93. The van der Waals surface area contributed by atoms with E-state index in [0.29, 0.717) is 12.0 Å². The molecule has 0 bridgehead atoms. The molecule has 0 unspecified atom stereocenters. The first kappa shape index (κ1) is 10.9. The van der Waals surface area contributed by atoms with E-state index >= 15 is 0 Å². The number of rotatable bonds is 3. The normalized spacial score (nSPS) is 24.3. The van der Waals surface area contributed by atoms with Gasteiger partial charge in [0.15, 0.2) is 0 Å². The molecule has 5 heteroatoms. The molecule has 0 amide bonds. The molecular weight excluding hydrogens is 234 g/mol. The molecule has 90 valence electrons. The van der Waals surface area contributed by atoms with Gasteiger partial charge >= 0.3 is 0 Å². The van der Waals surface area contributed by atoms with E-state index < -0.39 is 0 Å². The number of hydrogen-bond donors (Lipinski definition) is 1. The van der Waals surface area contributed by atoms with Gasteiger partial charge in [-0.3, -0.25) is 0 Å². The lowest BCUT2D eigenvalue weighted by molar-refractivity contribution is 0.335. The molecular formula is C12H15N3OS. The maximum atomic E-state index is 5.41. The van der Waals surface area contributed by atoms with Gasteiger partial charge in [0.05, 0.1) is 10.8 Å². The van der Waals surface area contributed by atoms with Gasteiger partial charge < -0.3 is 9.84 Å². The van der Waals surface area contributed by atoms with Crippen LogP contribution >= 0.6 is 11.3 Å². The first-order valence-corrected chi connectivity index (χ1v) is 6.81. The molecule has 0 aromatic carbocycles. The van der Waals surface area contributed by atoms with E-state index in [9.17, 15) is 0 Å². The van der Waals surface area contributed by atoms with Crippen LogP contribution in [0.1, 0.15) is 31.1 Å². The van der Waals surface area contributed by atoms with E-state index in [1.54, 1.807) is 11.3 Å². The minimum absolute atomic E-state index is 0.376. The maximum Gasteiger partial charge on any atom is 0.231 e. The van der Waals surface area contributed by atoms with Gasteiger partial charge in [0.1, 0.15) is 0 Å². The van der Waals surface area contributed by atoms with Crippen molar-refractivity contribution in [2.24, 2.45) is 0 Å². The third-order valence-electron chi connectivity index (χ3n) is 3.39. The molecule has 2 heterocycles. The zero-order valence-corrected chi connectivity index (χ0v) is 10.5. The molecule has 0 saturated heterocycles. The average molecular weight is 249 g/mol. The average Bonchev–Trinajstić information content (AvgIpc) is 3.09. The molecule has 1 fully saturated rings. The number of nitrogens with zero attached hydrogens (tertiary/aromatic N) is 2. The standard InChI is InChI=1S/C12H15N3OS/c1-13-9-5-2-4-8(9)12-14-11(15-16-12)10-6-3-7-17-10/h3,6-9,13H,2,4-5H2,1H3/t8-,9-/m1/s1. The van der Waals surface area contributed by atoms with Gasteiger partial charge in [0, 0.05) is 6.04 Å². The van der Waals surface area contributed by atoms with Crippen LogP contribution in [0.4, 0.5) is 0 Å². The van der Waals surface area contributed by atoms with Gasteiger partial charge in [-0.25, -0.2) is 0 Å². The Hall–Kier alpha value is -1.20. The summed E-state index contributed by atoms with van der Waals surface area (Å²) >= 11 is 1.64. The Balaban J connectivity index is 1.85. The van der Waals surface area contributed by atoms with Crippen molar-refractivity contribution in [1.82, 2.24) is 15.5 Å². The number of hydrogen-bond acceptors (Lipinski definition) is 5. The second kappa shape index (κ2) is 4.58. The number of likely N-dealkylation sites (N-methyl/N-ethyl adjacent to an activating group) is 1. The molecule has 1 aliphatic carbocycles. The summed E-state index contributed by atoms with van der Waals surface area (Å²) in [5.74, 6) is 1.88. The molecule has 1 saturated carbocycles. The molecule has 3 rings (SSSR count). The third-order valence-corrected chi connectivity index (χ3v) is 4.25. The van der Waals surface area contributed by atoms with E-state index in [1.165, 1.54) is 12.8 Å². The Morgan fingerprint density at radius 2 is 2.41 bits per heavy atom. The van der Waals surface area contributed by atoms with Crippen molar-refractivity contribution in [3.8, 4) is 10.7 Å².